The van der Waals surface area contributed by atoms with Gasteiger partial charge in [0.15, 0.2) is 0 Å². The molecule has 0 saturated heterocycles. The van der Waals surface area contributed by atoms with Crippen LogP contribution >= 0.6 is 12.2 Å². The Labute approximate surface area is 131 Å². The molecule has 0 spiro atoms. The summed E-state index contributed by atoms with van der Waals surface area (Å²) in [6, 6.07) is 14.4. The maximum absolute atomic E-state index is 5.78. The number of para-hydroxylation sites is 1. The smallest absolute Gasteiger partial charge is 0.123 e. The lowest BCUT2D eigenvalue weighted by Gasteiger charge is -2.25. The van der Waals surface area contributed by atoms with Gasteiger partial charge in [-0.25, -0.2) is 0 Å². The van der Waals surface area contributed by atoms with Gasteiger partial charge in [0, 0.05) is 30.5 Å². The fraction of sp³-hybridized carbons (Fsp3) is 0.294. The van der Waals surface area contributed by atoms with Crippen LogP contribution in [0.1, 0.15) is 31.0 Å². The first-order valence-corrected chi connectivity index (χ1v) is 7.67. The van der Waals surface area contributed by atoms with Crippen LogP contribution in [0.3, 0.4) is 0 Å². The van der Waals surface area contributed by atoms with Crippen LogP contribution in [-0.4, -0.2) is 16.5 Å². The Morgan fingerprint density at radius 1 is 1.19 bits per heavy atom. The predicted octanol–water partition coefficient (Wildman–Crippen LogP) is 3.52. The molecule has 0 unspecified atom stereocenters. The molecule has 1 aromatic carbocycles. The van der Waals surface area contributed by atoms with Gasteiger partial charge in [0.05, 0.1) is 0 Å². The zero-order valence-electron chi connectivity index (χ0n) is 12.3. The number of anilines is 1. The maximum Gasteiger partial charge on any atom is 0.123 e. The van der Waals surface area contributed by atoms with E-state index in [0.29, 0.717) is 4.99 Å². The number of unbranched alkanes of at least 4 members (excludes halogenated alkanes) is 1. The monoisotopic (exact) mass is 299 g/mol. The number of pyridine rings is 1. The lowest BCUT2D eigenvalue weighted by Crippen LogP contribution is -2.26. The zero-order valence-corrected chi connectivity index (χ0v) is 13.1. The number of thiocarbonyl (C=S) groups is 1. The summed E-state index contributed by atoms with van der Waals surface area (Å²) in [6.07, 6.45) is 4.05. The number of nitrogens with zero attached hydrogens (tertiary/aromatic N) is 2. The molecule has 0 saturated carbocycles. The molecule has 2 aromatic rings. The van der Waals surface area contributed by atoms with E-state index >= 15 is 0 Å². The van der Waals surface area contributed by atoms with Crippen LogP contribution in [0.5, 0.6) is 0 Å². The first kappa shape index (κ1) is 15.4. The molecule has 0 amide bonds. The molecule has 110 valence electrons. The first-order chi connectivity index (χ1) is 10.2. The summed E-state index contributed by atoms with van der Waals surface area (Å²) in [5.41, 5.74) is 8.79. The van der Waals surface area contributed by atoms with E-state index in [2.05, 4.69) is 41.1 Å². The SMILES string of the molecule is CCCCN(Cc1cccnc1C(N)=S)c1ccccc1. The van der Waals surface area contributed by atoms with E-state index in [0.717, 1.165) is 30.8 Å². The van der Waals surface area contributed by atoms with E-state index in [1.165, 1.54) is 12.1 Å². The minimum Gasteiger partial charge on any atom is -0.388 e. The van der Waals surface area contributed by atoms with Crippen molar-refractivity contribution in [2.75, 3.05) is 11.4 Å². The standard InChI is InChI=1S/C17H21N3S/c1-2-3-12-20(15-9-5-4-6-10-15)13-14-8-7-11-19-16(14)17(18)21/h4-11H,2-3,12-13H2,1H3,(H2,18,21). The van der Waals surface area contributed by atoms with Gasteiger partial charge in [-0.2, -0.15) is 0 Å². The Hall–Kier alpha value is -1.94. The summed E-state index contributed by atoms with van der Waals surface area (Å²) in [6.45, 7) is 3.98. The van der Waals surface area contributed by atoms with Crippen molar-refractivity contribution in [1.29, 1.82) is 0 Å². The van der Waals surface area contributed by atoms with Crippen molar-refractivity contribution < 1.29 is 0 Å². The fourth-order valence-electron chi connectivity index (χ4n) is 2.28. The van der Waals surface area contributed by atoms with Gasteiger partial charge < -0.3 is 10.6 Å². The van der Waals surface area contributed by atoms with Crippen LogP contribution in [-0.2, 0) is 6.54 Å². The Balaban J connectivity index is 2.25. The molecule has 1 aromatic heterocycles. The second-order valence-electron chi connectivity index (χ2n) is 4.99. The van der Waals surface area contributed by atoms with Crippen LogP contribution < -0.4 is 10.6 Å². The molecule has 0 aliphatic carbocycles. The lowest BCUT2D eigenvalue weighted by molar-refractivity contribution is 0.714. The molecule has 2 rings (SSSR count). The van der Waals surface area contributed by atoms with Gasteiger partial charge in [0.2, 0.25) is 0 Å². The Morgan fingerprint density at radius 2 is 1.95 bits per heavy atom. The number of rotatable bonds is 7. The second-order valence-corrected chi connectivity index (χ2v) is 5.43. The number of aromatic nitrogens is 1. The third kappa shape index (κ3) is 4.26. The predicted molar refractivity (Wildman–Crippen MR) is 92.5 cm³/mol. The molecule has 2 N–H and O–H groups in total. The van der Waals surface area contributed by atoms with Crippen LogP contribution in [0.25, 0.3) is 0 Å². The summed E-state index contributed by atoms with van der Waals surface area (Å²) in [5.74, 6) is 0. The highest BCUT2D eigenvalue weighted by Crippen LogP contribution is 2.18. The van der Waals surface area contributed by atoms with Crippen molar-refractivity contribution >= 4 is 22.9 Å². The number of hydrogen-bond acceptors (Lipinski definition) is 3. The average Bonchev–Trinajstić information content (AvgIpc) is 2.52. The van der Waals surface area contributed by atoms with Gasteiger partial charge in [0.25, 0.3) is 0 Å². The third-order valence-corrected chi connectivity index (χ3v) is 3.58. The zero-order chi connectivity index (χ0) is 15.1. The topological polar surface area (TPSA) is 42.2 Å². The lowest BCUT2D eigenvalue weighted by atomic mass is 10.1. The van der Waals surface area contributed by atoms with E-state index in [-0.39, 0.29) is 0 Å². The van der Waals surface area contributed by atoms with E-state index in [9.17, 15) is 0 Å². The summed E-state index contributed by atoms with van der Waals surface area (Å²) in [7, 11) is 0. The fourth-order valence-corrected chi connectivity index (χ4v) is 2.46. The average molecular weight is 299 g/mol. The Bertz CT molecular complexity index is 584. The highest BCUT2D eigenvalue weighted by molar-refractivity contribution is 7.80. The van der Waals surface area contributed by atoms with Crippen molar-refractivity contribution in [3.05, 3.63) is 59.9 Å². The molecule has 0 aliphatic rings. The van der Waals surface area contributed by atoms with E-state index in [4.69, 9.17) is 18.0 Å². The van der Waals surface area contributed by atoms with Gasteiger partial charge in [-0.1, -0.05) is 49.8 Å². The van der Waals surface area contributed by atoms with E-state index in [1.807, 2.05) is 18.2 Å². The highest BCUT2D eigenvalue weighted by Gasteiger charge is 2.11. The molecule has 0 bridgehead atoms. The van der Waals surface area contributed by atoms with Crippen LogP contribution in [0.15, 0.2) is 48.7 Å². The number of hydrogen-bond donors (Lipinski definition) is 1. The van der Waals surface area contributed by atoms with E-state index < -0.39 is 0 Å². The molecule has 0 aliphatic heterocycles. The first-order valence-electron chi connectivity index (χ1n) is 7.26. The van der Waals surface area contributed by atoms with Crippen LogP contribution in [0, 0.1) is 0 Å². The summed E-state index contributed by atoms with van der Waals surface area (Å²) < 4.78 is 0. The molecule has 0 fully saturated rings. The minimum atomic E-state index is 0.356. The Morgan fingerprint density at radius 3 is 2.62 bits per heavy atom. The van der Waals surface area contributed by atoms with Gasteiger partial charge >= 0.3 is 0 Å². The number of benzene rings is 1. The van der Waals surface area contributed by atoms with Gasteiger partial charge in [0.1, 0.15) is 10.7 Å². The highest BCUT2D eigenvalue weighted by atomic mass is 32.1. The summed E-state index contributed by atoms with van der Waals surface area (Å²) in [5, 5.41) is 0. The van der Waals surface area contributed by atoms with Crippen molar-refractivity contribution in [3.63, 3.8) is 0 Å². The molecule has 0 atom stereocenters. The maximum atomic E-state index is 5.78. The van der Waals surface area contributed by atoms with Crippen LogP contribution in [0.2, 0.25) is 0 Å². The Kier molecular flexibility index (Phi) is 5.69. The molecule has 0 radical (unpaired) electrons. The van der Waals surface area contributed by atoms with Crippen LogP contribution in [0.4, 0.5) is 5.69 Å². The van der Waals surface area contributed by atoms with Crippen molar-refractivity contribution in [2.45, 2.75) is 26.3 Å². The molecular weight excluding hydrogens is 278 g/mol. The second kappa shape index (κ2) is 7.74. The molecule has 3 nitrogen and oxygen atoms in total. The normalized spacial score (nSPS) is 10.3. The van der Waals surface area contributed by atoms with Crippen molar-refractivity contribution in [3.8, 4) is 0 Å². The molecule has 21 heavy (non-hydrogen) atoms. The van der Waals surface area contributed by atoms with E-state index in [1.54, 1.807) is 6.20 Å². The molecular formula is C17H21N3S. The molecule has 4 heteroatoms. The molecule has 1 heterocycles. The van der Waals surface area contributed by atoms with Crippen molar-refractivity contribution in [1.82, 2.24) is 4.98 Å². The summed E-state index contributed by atoms with van der Waals surface area (Å²) in [4.78, 5) is 7.02. The van der Waals surface area contributed by atoms with Gasteiger partial charge in [-0.05, 0) is 24.6 Å². The quantitative estimate of drug-likeness (QED) is 0.794. The van der Waals surface area contributed by atoms with Crippen molar-refractivity contribution in [2.24, 2.45) is 5.73 Å². The van der Waals surface area contributed by atoms with Gasteiger partial charge in [-0.3, -0.25) is 4.98 Å². The van der Waals surface area contributed by atoms with Gasteiger partial charge in [-0.15, -0.1) is 0 Å². The largest absolute Gasteiger partial charge is 0.388 e. The summed E-state index contributed by atoms with van der Waals surface area (Å²) >= 11 is 5.10. The third-order valence-electron chi connectivity index (χ3n) is 3.39. The number of nitrogens with two attached hydrogens (primary N) is 1. The minimum absolute atomic E-state index is 0.356.